The van der Waals surface area contributed by atoms with Gasteiger partial charge in [-0.3, -0.25) is 4.79 Å². The minimum Gasteiger partial charge on any atom is -0.355 e. The van der Waals surface area contributed by atoms with Crippen LogP contribution in [0.25, 0.3) is 0 Å². The first kappa shape index (κ1) is 17.2. The fourth-order valence-electron chi connectivity index (χ4n) is 1.54. The van der Waals surface area contributed by atoms with Crippen molar-refractivity contribution in [1.82, 2.24) is 5.32 Å². The van der Waals surface area contributed by atoms with Crippen LogP contribution in [0, 0.1) is 0 Å². The van der Waals surface area contributed by atoms with Gasteiger partial charge in [-0.25, -0.2) is 0 Å². The van der Waals surface area contributed by atoms with Crippen LogP contribution in [-0.2, 0) is 10.2 Å². The number of nitrogens with two attached hydrogens (primary N) is 1. The van der Waals surface area contributed by atoms with Crippen molar-refractivity contribution in [2.45, 2.75) is 25.7 Å². The molecule has 0 radical (unpaired) electrons. The van der Waals surface area contributed by atoms with Gasteiger partial charge in [0, 0.05) is 29.9 Å². The van der Waals surface area contributed by atoms with E-state index in [0.29, 0.717) is 19.5 Å². The lowest BCUT2D eigenvalue weighted by Crippen LogP contribution is -2.37. The summed E-state index contributed by atoms with van der Waals surface area (Å²) in [5.41, 5.74) is 6.35. The van der Waals surface area contributed by atoms with Gasteiger partial charge >= 0.3 is 0 Å². The fourth-order valence-corrected chi connectivity index (χ4v) is 1.67. The Morgan fingerprint density at radius 2 is 1.89 bits per heavy atom. The van der Waals surface area contributed by atoms with E-state index in [4.69, 9.17) is 17.3 Å². The van der Waals surface area contributed by atoms with Crippen LogP contribution in [0.1, 0.15) is 25.8 Å². The summed E-state index contributed by atoms with van der Waals surface area (Å²) in [7, 11) is 0. The van der Waals surface area contributed by atoms with E-state index < -0.39 is 0 Å². The summed E-state index contributed by atoms with van der Waals surface area (Å²) < 4.78 is 0. The minimum atomic E-state index is -0.116. The Morgan fingerprint density at radius 3 is 2.39 bits per heavy atom. The third-order valence-corrected chi connectivity index (χ3v) is 2.98. The van der Waals surface area contributed by atoms with Crippen LogP contribution >= 0.6 is 24.0 Å². The summed E-state index contributed by atoms with van der Waals surface area (Å²) in [6, 6.07) is 7.69. The Balaban J connectivity index is 0.00000289. The van der Waals surface area contributed by atoms with E-state index in [9.17, 15) is 4.79 Å². The fraction of sp³-hybridized carbons (Fsp3) is 0.462. The van der Waals surface area contributed by atoms with Gasteiger partial charge in [0.15, 0.2) is 0 Å². The summed E-state index contributed by atoms with van der Waals surface area (Å²) in [5.74, 6) is -0.00506. The lowest BCUT2D eigenvalue weighted by atomic mass is 9.84. The maximum absolute atomic E-state index is 11.4. The van der Waals surface area contributed by atoms with Crippen molar-refractivity contribution in [3.05, 3.63) is 34.9 Å². The van der Waals surface area contributed by atoms with Crippen molar-refractivity contribution < 1.29 is 4.79 Å². The number of carbonyl (C=O) groups is 1. The zero-order chi connectivity index (χ0) is 12.9. The standard InChI is InChI=1S/C13H19ClN2O.ClH/c1-13(2,9-16-12(17)7-8-15)10-3-5-11(14)6-4-10;/h3-6H,7-9,15H2,1-2H3,(H,16,17);1H. The topological polar surface area (TPSA) is 55.1 Å². The minimum absolute atomic E-state index is 0. The van der Waals surface area contributed by atoms with Crippen molar-refractivity contribution in [3.8, 4) is 0 Å². The van der Waals surface area contributed by atoms with Gasteiger partial charge < -0.3 is 11.1 Å². The summed E-state index contributed by atoms with van der Waals surface area (Å²) >= 11 is 5.85. The van der Waals surface area contributed by atoms with Crippen molar-refractivity contribution in [2.75, 3.05) is 13.1 Å². The molecule has 0 saturated heterocycles. The molecule has 0 saturated carbocycles. The van der Waals surface area contributed by atoms with Crippen LogP contribution in [0.2, 0.25) is 5.02 Å². The number of carbonyl (C=O) groups excluding carboxylic acids is 1. The summed E-state index contributed by atoms with van der Waals surface area (Å²) in [6.45, 7) is 5.14. The second kappa shape index (κ2) is 7.62. The molecule has 0 aliphatic rings. The number of hydrogen-bond donors (Lipinski definition) is 2. The van der Waals surface area contributed by atoms with E-state index in [0.717, 1.165) is 10.6 Å². The number of benzene rings is 1. The third-order valence-electron chi connectivity index (χ3n) is 2.72. The van der Waals surface area contributed by atoms with Crippen molar-refractivity contribution in [3.63, 3.8) is 0 Å². The largest absolute Gasteiger partial charge is 0.355 e. The summed E-state index contributed by atoms with van der Waals surface area (Å²) in [4.78, 5) is 11.4. The molecule has 0 heterocycles. The average Bonchev–Trinajstić information content (AvgIpc) is 2.28. The molecule has 1 amide bonds. The highest BCUT2D eigenvalue weighted by molar-refractivity contribution is 6.30. The molecule has 0 bridgehead atoms. The zero-order valence-corrected chi connectivity index (χ0v) is 12.3. The molecule has 0 atom stereocenters. The van der Waals surface area contributed by atoms with Gasteiger partial charge in [0.2, 0.25) is 5.91 Å². The summed E-state index contributed by atoms with van der Waals surface area (Å²) in [5, 5.41) is 3.60. The highest BCUT2D eigenvalue weighted by atomic mass is 35.5. The van der Waals surface area contributed by atoms with Gasteiger partial charge in [-0.15, -0.1) is 12.4 Å². The van der Waals surface area contributed by atoms with Crippen molar-refractivity contribution >= 4 is 29.9 Å². The lowest BCUT2D eigenvalue weighted by molar-refractivity contribution is -0.121. The second-order valence-corrected chi connectivity index (χ2v) is 5.14. The van der Waals surface area contributed by atoms with Crippen LogP contribution in [0.4, 0.5) is 0 Å². The third kappa shape index (κ3) is 5.25. The molecular formula is C13H20Cl2N2O. The molecule has 0 aromatic heterocycles. The van der Waals surface area contributed by atoms with Gasteiger partial charge in [0.05, 0.1) is 0 Å². The smallest absolute Gasteiger partial charge is 0.221 e. The number of halogens is 2. The quantitative estimate of drug-likeness (QED) is 0.875. The van der Waals surface area contributed by atoms with Gasteiger partial charge in [-0.05, 0) is 17.7 Å². The molecule has 5 heteroatoms. The molecule has 3 nitrogen and oxygen atoms in total. The van der Waals surface area contributed by atoms with Crippen LogP contribution in [0.3, 0.4) is 0 Å². The maximum Gasteiger partial charge on any atom is 0.221 e. The molecule has 3 N–H and O–H groups in total. The first-order valence-corrected chi connectivity index (χ1v) is 6.06. The predicted molar refractivity (Wildman–Crippen MR) is 78.4 cm³/mol. The van der Waals surface area contributed by atoms with Gasteiger partial charge in [-0.2, -0.15) is 0 Å². The van der Waals surface area contributed by atoms with Crippen LogP contribution in [-0.4, -0.2) is 19.0 Å². The Kier molecular flexibility index (Phi) is 7.29. The number of amides is 1. The molecule has 1 aromatic rings. The first-order chi connectivity index (χ1) is 7.95. The average molecular weight is 291 g/mol. The Hall–Kier alpha value is -0.770. The van der Waals surface area contributed by atoms with Crippen LogP contribution < -0.4 is 11.1 Å². The zero-order valence-electron chi connectivity index (χ0n) is 10.7. The highest BCUT2D eigenvalue weighted by Crippen LogP contribution is 2.23. The molecular weight excluding hydrogens is 271 g/mol. The second-order valence-electron chi connectivity index (χ2n) is 4.71. The van der Waals surface area contributed by atoms with Crippen molar-refractivity contribution in [1.29, 1.82) is 0 Å². The monoisotopic (exact) mass is 290 g/mol. The van der Waals surface area contributed by atoms with E-state index in [1.807, 2.05) is 24.3 Å². The maximum atomic E-state index is 11.4. The Labute approximate surface area is 119 Å². The van der Waals surface area contributed by atoms with E-state index in [1.54, 1.807) is 0 Å². The van der Waals surface area contributed by atoms with E-state index in [1.165, 1.54) is 0 Å². The molecule has 1 rings (SSSR count). The van der Waals surface area contributed by atoms with E-state index in [2.05, 4.69) is 19.2 Å². The highest BCUT2D eigenvalue weighted by Gasteiger charge is 2.21. The molecule has 1 aromatic carbocycles. The molecule has 0 spiro atoms. The van der Waals surface area contributed by atoms with Crippen LogP contribution in [0.15, 0.2) is 24.3 Å². The molecule has 102 valence electrons. The predicted octanol–water partition coefficient (Wildman–Crippen LogP) is 2.50. The molecule has 0 aliphatic carbocycles. The normalized spacial score (nSPS) is 10.7. The molecule has 0 fully saturated rings. The van der Waals surface area contributed by atoms with Gasteiger partial charge in [-0.1, -0.05) is 37.6 Å². The number of hydrogen-bond acceptors (Lipinski definition) is 2. The van der Waals surface area contributed by atoms with Gasteiger partial charge in [0.25, 0.3) is 0 Å². The first-order valence-electron chi connectivity index (χ1n) is 5.68. The molecule has 18 heavy (non-hydrogen) atoms. The molecule has 0 unspecified atom stereocenters. The molecule has 0 aliphatic heterocycles. The van der Waals surface area contributed by atoms with E-state index in [-0.39, 0.29) is 23.7 Å². The van der Waals surface area contributed by atoms with E-state index >= 15 is 0 Å². The van der Waals surface area contributed by atoms with Crippen molar-refractivity contribution in [2.24, 2.45) is 5.73 Å². The van der Waals surface area contributed by atoms with Crippen LogP contribution in [0.5, 0.6) is 0 Å². The number of rotatable bonds is 5. The van der Waals surface area contributed by atoms with Gasteiger partial charge in [0.1, 0.15) is 0 Å². The number of nitrogens with one attached hydrogen (secondary N) is 1. The summed E-state index contributed by atoms with van der Waals surface area (Å²) in [6.07, 6.45) is 0.372. The Morgan fingerprint density at radius 1 is 1.33 bits per heavy atom. The Bertz CT molecular complexity index is 377. The SMILES string of the molecule is CC(C)(CNC(=O)CCN)c1ccc(Cl)cc1.Cl. The lowest BCUT2D eigenvalue weighted by Gasteiger charge is -2.25.